The Morgan fingerprint density at radius 3 is 2.89 bits per heavy atom. The SMILES string of the molecule is CCCOc1cncc(OCC2CCCNC2)n1. The molecule has 1 N–H and O–H groups in total. The van der Waals surface area contributed by atoms with Crippen molar-refractivity contribution in [1.82, 2.24) is 15.3 Å². The van der Waals surface area contributed by atoms with Crippen LogP contribution in [-0.2, 0) is 0 Å². The number of nitrogens with one attached hydrogen (secondary N) is 1. The van der Waals surface area contributed by atoms with Crippen molar-refractivity contribution in [3.05, 3.63) is 12.4 Å². The molecule has 2 heterocycles. The maximum absolute atomic E-state index is 5.67. The summed E-state index contributed by atoms with van der Waals surface area (Å²) in [6.45, 7) is 5.56. The second-order valence-electron chi connectivity index (χ2n) is 4.57. The first kappa shape index (κ1) is 13.1. The van der Waals surface area contributed by atoms with E-state index in [1.807, 2.05) is 0 Å². The molecule has 1 aliphatic heterocycles. The first-order valence-electron chi connectivity index (χ1n) is 6.67. The van der Waals surface area contributed by atoms with Gasteiger partial charge in [-0.05, 0) is 25.8 Å². The average molecular weight is 251 g/mol. The predicted octanol–water partition coefficient (Wildman–Crippen LogP) is 1.64. The fourth-order valence-corrected chi connectivity index (χ4v) is 1.95. The van der Waals surface area contributed by atoms with Crippen LogP contribution in [0.1, 0.15) is 26.2 Å². The average Bonchev–Trinajstić information content (AvgIpc) is 2.44. The van der Waals surface area contributed by atoms with Crippen LogP contribution in [0.15, 0.2) is 12.4 Å². The molecule has 1 fully saturated rings. The molecule has 1 aromatic heterocycles. The zero-order chi connectivity index (χ0) is 12.6. The number of rotatable bonds is 6. The number of aromatic nitrogens is 2. The summed E-state index contributed by atoms with van der Waals surface area (Å²) in [5.41, 5.74) is 0. The van der Waals surface area contributed by atoms with Gasteiger partial charge in [0.2, 0.25) is 11.8 Å². The fourth-order valence-electron chi connectivity index (χ4n) is 1.95. The van der Waals surface area contributed by atoms with Gasteiger partial charge in [0.25, 0.3) is 0 Å². The second-order valence-corrected chi connectivity index (χ2v) is 4.57. The Labute approximate surface area is 108 Å². The van der Waals surface area contributed by atoms with Gasteiger partial charge in [-0.2, -0.15) is 4.98 Å². The molecule has 5 heteroatoms. The molecule has 100 valence electrons. The third-order valence-corrected chi connectivity index (χ3v) is 2.91. The standard InChI is InChI=1S/C13H21N3O2/c1-2-6-17-12-8-15-9-13(16-12)18-10-11-4-3-5-14-7-11/h8-9,11,14H,2-7,10H2,1H3. The summed E-state index contributed by atoms with van der Waals surface area (Å²) in [7, 11) is 0. The Bertz CT molecular complexity index is 354. The molecule has 18 heavy (non-hydrogen) atoms. The Balaban J connectivity index is 1.80. The van der Waals surface area contributed by atoms with Crippen LogP contribution in [0.2, 0.25) is 0 Å². The van der Waals surface area contributed by atoms with E-state index in [0.29, 0.717) is 30.9 Å². The van der Waals surface area contributed by atoms with Crippen molar-refractivity contribution >= 4 is 0 Å². The van der Waals surface area contributed by atoms with E-state index in [4.69, 9.17) is 9.47 Å². The van der Waals surface area contributed by atoms with Crippen molar-refractivity contribution in [2.24, 2.45) is 5.92 Å². The molecule has 5 nitrogen and oxygen atoms in total. The van der Waals surface area contributed by atoms with E-state index in [2.05, 4.69) is 22.2 Å². The van der Waals surface area contributed by atoms with Gasteiger partial charge >= 0.3 is 0 Å². The Morgan fingerprint density at radius 1 is 1.33 bits per heavy atom. The summed E-state index contributed by atoms with van der Waals surface area (Å²) < 4.78 is 11.1. The Kier molecular flexibility index (Phi) is 5.20. The van der Waals surface area contributed by atoms with Crippen LogP contribution in [0.4, 0.5) is 0 Å². The van der Waals surface area contributed by atoms with Gasteiger partial charge in [-0.3, -0.25) is 4.98 Å². The molecule has 0 radical (unpaired) electrons. The van der Waals surface area contributed by atoms with Crippen LogP contribution in [0, 0.1) is 5.92 Å². The van der Waals surface area contributed by atoms with Crippen molar-refractivity contribution in [2.45, 2.75) is 26.2 Å². The van der Waals surface area contributed by atoms with Crippen molar-refractivity contribution in [2.75, 3.05) is 26.3 Å². The van der Waals surface area contributed by atoms with E-state index >= 15 is 0 Å². The van der Waals surface area contributed by atoms with Gasteiger partial charge < -0.3 is 14.8 Å². The van der Waals surface area contributed by atoms with Crippen LogP contribution in [0.5, 0.6) is 11.8 Å². The van der Waals surface area contributed by atoms with Crippen molar-refractivity contribution in [1.29, 1.82) is 0 Å². The number of hydrogen-bond donors (Lipinski definition) is 1. The highest BCUT2D eigenvalue weighted by Crippen LogP contribution is 2.15. The molecule has 0 spiro atoms. The van der Waals surface area contributed by atoms with Crippen LogP contribution in [0.25, 0.3) is 0 Å². The number of piperidine rings is 1. The third-order valence-electron chi connectivity index (χ3n) is 2.91. The highest BCUT2D eigenvalue weighted by atomic mass is 16.5. The van der Waals surface area contributed by atoms with Crippen molar-refractivity contribution in [3.63, 3.8) is 0 Å². The molecule has 1 aliphatic rings. The van der Waals surface area contributed by atoms with Gasteiger partial charge in [0.1, 0.15) is 0 Å². The second kappa shape index (κ2) is 7.16. The molecule has 0 saturated carbocycles. The lowest BCUT2D eigenvalue weighted by atomic mass is 10.0. The summed E-state index contributed by atoms with van der Waals surface area (Å²) in [4.78, 5) is 8.34. The largest absolute Gasteiger partial charge is 0.477 e. The molecule has 2 rings (SSSR count). The summed E-state index contributed by atoms with van der Waals surface area (Å²) in [6, 6.07) is 0. The lowest BCUT2D eigenvalue weighted by Crippen LogP contribution is -2.33. The molecule has 0 aliphatic carbocycles. The zero-order valence-corrected chi connectivity index (χ0v) is 10.9. The summed E-state index contributed by atoms with van der Waals surface area (Å²) >= 11 is 0. The smallest absolute Gasteiger partial charge is 0.235 e. The number of nitrogens with zero attached hydrogens (tertiary/aromatic N) is 2. The molecular weight excluding hydrogens is 230 g/mol. The van der Waals surface area contributed by atoms with Gasteiger partial charge in [0, 0.05) is 12.5 Å². The van der Waals surface area contributed by atoms with E-state index < -0.39 is 0 Å². The van der Waals surface area contributed by atoms with Gasteiger partial charge in [0.05, 0.1) is 25.6 Å². The van der Waals surface area contributed by atoms with Gasteiger partial charge in [-0.25, -0.2) is 0 Å². The van der Waals surface area contributed by atoms with Crippen LogP contribution in [0.3, 0.4) is 0 Å². The molecule has 1 saturated heterocycles. The van der Waals surface area contributed by atoms with Gasteiger partial charge in [0.15, 0.2) is 0 Å². The lowest BCUT2D eigenvalue weighted by molar-refractivity contribution is 0.207. The van der Waals surface area contributed by atoms with E-state index in [1.54, 1.807) is 12.4 Å². The minimum Gasteiger partial charge on any atom is -0.477 e. The molecule has 0 aromatic carbocycles. The van der Waals surface area contributed by atoms with Crippen LogP contribution < -0.4 is 14.8 Å². The number of hydrogen-bond acceptors (Lipinski definition) is 5. The van der Waals surface area contributed by atoms with E-state index in [1.165, 1.54) is 12.8 Å². The maximum Gasteiger partial charge on any atom is 0.235 e. The monoisotopic (exact) mass is 251 g/mol. The highest BCUT2D eigenvalue weighted by Gasteiger charge is 2.14. The molecule has 1 aromatic rings. The fraction of sp³-hybridized carbons (Fsp3) is 0.692. The first-order chi connectivity index (χ1) is 8.88. The lowest BCUT2D eigenvalue weighted by Gasteiger charge is -2.22. The van der Waals surface area contributed by atoms with E-state index in [-0.39, 0.29) is 0 Å². The van der Waals surface area contributed by atoms with Crippen molar-refractivity contribution < 1.29 is 9.47 Å². The zero-order valence-electron chi connectivity index (χ0n) is 10.9. The summed E-state index contributed by atoms with van der Waals surface area (Å²) in [6.07, 6.45) is 6.64. The minimum atomic E-state index is 0.538. The quantitative estimate of drug-likeness (QED) is 0.833. The third kappa shape index (κ3) is 4.14. The van der Waals surface area contributed by atoms with Gasteiger partial charge in [-0.1, -0.05) is 6.92 Å². The molecular formula is C13H21N3O2. The normalized spacial score (nSPS) is 19.5. The van der Waals surface area contributed by atoms with Crippen LogP contribution in [-0.4, -0.2) is 36.3 Å². The topological polar surface area (TPSA) is 56.3 Å². The molecule has 1 unspecified atom stereocenters. The minimum absolute atomic E-state index is 0.538. The van der Waals surface area contributed by atoms with Gasteiger partial charge in [-0.15, -0.1) is 0 Å². The van der Waals surface area contributed by atoms with E-state index in [9.17, 15) is 0 Å². The van der Waals surface area contributed by atoms with Crippen molar-refractivity contribution in [3.8, 4) is 11.8 Å². The first-order valence-corrected chi connectivity index (χ1v) is 6.67. The highest BCUT2D eigenvalue weighted by molar-refractivity contribution is 5.12. The molecule has 0 amide bonds. The number of ether oxygens (including phenoxy) is 2. The van der Waals surface area contributed by atoms with Crippen LogP contribution >= 0.6 is 0 Å². The van der Waals surface area contributed by atoms with E-state index in [0.717, 1.165) is 19.5 Å². The maximum atomic E-state index is 5.67. The Hall–Kier alpha value is -1.36. The summed E-state index contributed by atoms with van der Waals surface area (Å²) in [5.74, 6) is 1.66. The predicted molar refractivity (Wildman–Crippen MR) is 68.9 cm³/mol. The summed E-state index contributed by atoms with van der Waals surface area (Å²) in [5, 5.41) is 3.37. The molecule has 0 bridgehead atoms. The molecule has 1 atom stereocenters. The Morgan fingerprint density at radius 2 is 2.17 bits per heavy atom.